The maximum absolute atomic E-state index is 15.0. The van der Waals surface area contributed by atoms with Crippen molar-refractivity contribution >= 4 is 34.1 Å². The number of nitrogens with one attached hydrogen (secondary N) is 3. The van der Waals surface area contributed by atoms with Crippen LogP contribution in [0.15, 0.2) is 66.9 Å². The number of nitrogens with two attached hydrogens (primary N) is 1. The van der Waals surface area contributed by atoms with Crippen LogP contribution >= 0.6 is 0 Å². The molecule has 0 radical (unpaired) electrons. The zero-order valence-corrected chi connectivity index (χ0v) is 23.8. The topological polar surface area (TPSA) is 137 Å². The zero-order chi connectivity index (χ0) is 30.2. The molecule has 3 aromatic carbocycles. The summed E-state index contributed by atoms with van der Waals surface area (Å²) >= 11 is 0. The molecule has 0 unspecified atom stereocenters. The van der Waals surface area contributed by atoms with Crippen LogP contribution in [0.1, 0.15) is 18.4 Å². The highest BCUT2D eigenvalue weighted by molar-refractivity contribution is 6.39. The fraction of sp³-hybridized carbons (Fsp3) is 0.281. The molecule has 2 amide bonds. The molecule has 5 rings (SSSR count). The van der Waals surface area contributed by atoms with Crippen LogP contribution in [-0.4, -0.2) is 50.1 Å². The van der Waals surface area contributed by atoms with Crippen LogP contribution < -0.4 is 35.9 Å². The van der Waals surface area contributed by atoms with Gasteiger partial charge in [0.15, 0.2) is 23.1 Å². The minimum absolute atomic E-state index is 0.0661. The number of ether oxygens (including phenoxy) is 3. The molecule has 0 atom stereocenters. The summed E-state index contributed by atoms with van der Waals surface area (Å²) in [4.78, 5) is 29.0. The minimum atomic E-state index is -0.907. The molecule has 11 heteroatoms. The Kier molecular flexibility index (Phi) is 9.52. The SMILES string of the molecule is COc1cc2c(Oc3ccc(NC(=O)C(=O)NCCc4ccc(N)cc4)cc3F)ccnc2cc1OCC1CCNCC1. The highest BCUT2D eigenvalue weighted by Gasteiger charge is 2.18. The largest absolute Gasteiger partial charge is 0.493 e. The van der Waals surface area contributed by atoms with Gasteiger partial charge in [0, 0.05) is 41.6 Å². The van der Waals surface area contributed by atoms with Gasteiger partial charge in [-0.2, -0.15) is 0 Å². The highest BCUT2D eigenvalue weighted by atomic mass is 19.1. The van der Waals surface area contributed by atoms with Gasteiger partial charge < -0.3 is 35.9 Å². The first-order valence-corrected chi connectivity index (χ1v) is 14.1. The van der Waals surface area contributed by atoms with E-state index in [1.54, 1.807) is 43.6 Å². The van der Waals surface area contributed by atoms with E-state index in [4.69, 9.17) is 19.9 Å². The van der Waals surface area contributed by atoms with E-state index in [-0.39, 0.29) is 18.0 Å². The fourth-order valence-electron chi connectivity index (χ4n) is 4.80. The molecule has 1 aliphatic heterocycles. The van der Waals surface area contributed by atoms with Gasteiger partial charge >= 0.3 is 11.8 Å². The van der Waals surface area contributed by atoms with Gasteiger partial charge in [0.25, 0.3) is 0 Å². The van der Waals surface area contributed by atoms with Crippen molar-refractivity contribution in [1.82, 2.24) is 15.6 Å². The van der Waals surface area contributed by atoms with Crippen molar-refractivity contribution in [1.29, 1.82) is 0 Å². The molecule has 1 aliphatic rings. The number of anilines is 2. The number of hydrogen-bond donors (Lipinski definition) is 4. The zero-order valence-electron chi connectivity index (χ0n) is 23.8. The lowest BCUT2D eigenvalue weighted by Gasteiger charge is -2.23. The average Bonchev–Trinajstić information content (AvgIpc) is 3.02. The van der Waals surface area contributed by atoms with Crippen LogP contribution in [0, 0.1) is 11.7 Å². The summed E-state index contributed by atoms with van der Waals surface area (Å²) in [5, 5.41) is 8.92. The molecule has 0 spiro atoms. The monoisotopic (exact) mass is 587 g/mol. The Labute approximate surface area is 248 Å². The van der Waals surface area contributed by atoms with Crippen LogP contribution in [-0.2, 0) is 16.0 Å². The van der Waals surface area contributed by atoms with Crippen LogP contribution in [0.4, 0.5) is 15.8 Å². The van der Waals surface area contributed by atoms with Crippen molar-refractivity contribution in [3.8, 4) is 23.0 Å². The van der Waals surface area contributed by atoms with E-state index < -0.39 is 17.6 Å². The lowest BCUT2D eigenvalue weighted by molar-refractivity contribution is -0.136. The number of nitrogen functional groups attached to an aromatic ring is 1. The molecular weight excluding hydrogens is 553 g/mol. The van der Waals surface area contributed by atoms with E-state index in [1.807, 2.05) is 12.1 Å². The van der Waals surface area contributed by atoms with Crippen molar-refractivity contribution in [3.05, 3.63) is 78.2 Å². The summed E-state index contributed by atoms with van der Waals surface area (Å²) in [6, 6.07) is 16.3. The summed E-state index contributed by atoms with van der Waals surface area (Å²) in [6.07, 6.45) is 4.21. The number of nitrogens with zero attached hydrogens (tertiary/aromatic N) is 1. The predicted molar refractivity (Wildman–Crippen MR) is 162 cm³/mol. The first-order chi connectivity index (χ1) is 20.9. The van der Waals surface area contributed by atoms with Gasteiger partial charge in [-0.25, -0.2) is 4.39 Å². The van der Waals surface area contributed by atoms with E-state index in [9.17, 15) is 9.59 Å². The number of amides is 2. The van der Waals surface area contributed by atoms with E-state index >= 15 is 4.39 Å². The highest BCUT2D eigenvalue weighted by Crippen LogP contribution is 2.38. The molecule has 2 heterocycles. The first kappa shape index (κ1) is 29.6. The smallest absolute Gasteiger partial charge is 0.313 e. The van der Waals surface area contributed by atoms with E-state index in [0.717, 1.165) is 37.6 Å². The summed E-state index contributed by atoms with van der Waals surface area (Å²) < 4.78 is 32.6. The Balaban J connectivity index is 1.21. The Morgan fingerprint density at radius 3 is 2.51 bits per heavy atom. The molecule has 4 aromatic rings. The van der Waals surface area contributed by atoms with Crippen molar-refractivity contribution in [2.75, 3.05) is 44.4 Å². The summed E-state index contributed by atoms with van der Waals surface area (Å²) in [5.74, 6) is -0.588. The maximum Gasteiger partial charge on any atom is 0.313 e. The first-order valence-electron chi connectivity index (χ1n) is 14.1. The maximum atomic E-state index is 15.0. The van der Waals surface area contributed by atoms with Crippen LogP contribution in [0.25, 0.3) is 10.9 Å². The number of carbonyl (C=O) groups excluding carboxylic acids is 2. The number of aromatic nitrogens is 1. The Morgan fingerprint density at radius 2 is 1.77 bits per heavy atom. The van der Waals surface area contributed by atoms with Crippen molar-refractivity contribution < 1.29 is 28.2 Å². The third kappa shape index (κ3) is 7.69. The number of halogens is 1. The van der Waals surface area contributed by atoms with Gasteiger partial charge in [-0.05, 0) is 80.2 Å². The van der Waals surface area contributed by atoms with Gasteiger partial charge in [0.2, 0.25) is 0 Å². The summed E-state index contributed by atoms with van der Waals surface area (Å²) in [6.45, 7) is 2.81. The summed E-state index contributed by atoms with van der Waals surface area (Å²) in [7, 11) is 1.56. The van der Waals surface area contributed by atoms with Crippen molar-refractivity contribution in [3.63, 3.8) is 0 Å². The second-order valence-corrected chi connectivity index (χ2v) is 10.3. The standard InChI is InChI=1S/C32H34FN5O5/c1-41-29-17-24-26(18-30(29)42-19-21-8-12-35-13-9-21)36-15-11-27(24)43-28-7-6-23(16-25(28)33)38-32(40)31(39)37-14-10-20-2-4-22(34)5-3-20/h2-7,11,15-18,21,35H,8-10,12-14,19,34H2,1H3,(H,37,39)(H,38,40). The number of fused-ring (bicyclic) bond motifs is 1. The van der Waals surface area contributed by atoms with Gasteiger partial charge in [-0.15, -0.1) is 0 Å². The molecule has 0 aliphatic carbocycles. The predicted octanol–water partition coefficient (Wildman–Crippen LogP) is 4.43. The molecule has 10 nitrogen and oxygen atoms in total. The molecule has 1 aromatic heterocycles. The number of rotatable bonds is 10. The average molecular weight is 588 g/mol. The second kappa shape index (κ2) is 13.8. The Hall–Kier alpha value is -4.90. The number of carbonyl (C=O) groups is 2. The van der Waals surface area contributed by atoms with E-state index in [1.165, 1.54) is 12.1 Å². The number of hydrogen-bond acceptors (Lipinski definition) is 8. The lowest BCUT2D eigenvalue weighted by Crippen LogP contribution is -2.36. The Morgan fingerprint density at radius 1 is 0.977 bits per heavy atom. The van der Waals surface area contributed by atoms with Crippen LogP contribution in [0.5, 0.6) is 23.0 Å². The van der Waals surface area contributed by atoms with Gasteiger partial charge in [-0.1, -0.05) is 12.1 Å². The molecule has 1 saturated heterocycles. The molecule has 224 valence electrons. The third-order valence-electron chi connectivity index (χ3n) is 7.22. The number of benzene rings is 3. The number of methoxy groups -OCH3 is 1. The van der Waals surface area contributed by atoms with Gasteiger partial charge in [0.1, 0.15) is 5.75 Å². The van der Waals surface area contributed by atoms with E-state index in [0.29, 0.717) is 52.8 Å². The van der Waals surface area contributed by atoms with Crippen molar-refractivity contribution in [2.45, 2.75) is 19.3 Å². The molecule has 5 N–H and O–H groups in total. The lowest BCUT2D eigenvalue weighted by atomic mass is 9.99. The van der Waals surface area contributed by atoms with Crippen LogP contribution in [0.2, 0.25) is 0 Å². The van der Waals surface area contributed by atoms with Gasteiger partial charge in [0.05, 0.1) is 19.2 Å². The normalized spacial score (nSPS) is 13.3. The fourth-order valence-corrected chi connectivity index (χ4v) is 4.80. The molecule has 1 fully saturated rings. The summed E-state index contributed by atoms with van der Waals surface area (Å²) in [5.41, 5.74) is 8.00. The number of piperidine rings is 1. The molecule has 0 bridgehead atoms. The van der Waals surface area contributed by atoms with Crippen molar-refractivity contribution in [2.24, 2.45) is 5.92 Å². The molecular formula is C32H34FN5O5. The Bertz CT molecular complexity index is 1590. The third-order valence-corrected chi connectivity index (χ3v) is 7.22. The molecule has 0 saturated carbocycles. The van der Waals surface area contributed by atoms with Gasteiger partial charge in [-0.3, -0.25) is 14.6 Å². The molecule has 43 heavy (non-hydrogen) atoms. The quantitative estimate of drug-likeness (QED) is 0.158. The minimum Gasteiger partial charge on any atom is -0.493 e. The van der Waals surface area contributed by atoms with Crippen LogP contribution in [0.3, 0.4) is 0 Å². The van der Waals surface area contributed by atoms with E-state index in [2.05, 4.69) is 20.9 Å². The number of pyridine rings is 1. The second-order valence-electron chi connectivity index (χ2n) is 10.3.